The lowest BCUT2D eigenvalue weighted by molar-refractivity contribution is -0.138. The second kappa shape index (κ2) is 5.60. The molecule has 106 valence electrons. The number of rotatable bonds is 3. The van der Waals surface area contributed by atoms with Crippen LogP contribution in [0.5, 0.6) is 0 Å². The third-order valence-corrected chi connectivity index (χ3v) is 2.93. The van der Waals surface area contributed by atoms with E-state index in [2.05, 4.69) is 5.43 Å². The van der Waals surface area contributed by atoms with Gasteiger partial charge in [-0.15, -0.1) is 0 Å². The average molecular weight is 284 g/mol. The predicted octanol–water partition coefficient (Wildman–Crippen LogP) is 3.40. The quantitative estimate of drug-likeness (QED) is 0.515. The van der Waals surface area contributed by atoms with Crippen molar-refractivity contribution in [2.45, 2.75) is 12.2 Å². The number of hydrogen-bond acceptors (Lipinski definition) is 2. The Morgan fingerprint density at radius 3 is 2.20 bits per heavy atom. The molecule has 3 N–H and O–H groups in total. The van der Waals surface area contributed by atoms with Gasteiger partial charge in [-0.25, -0.2) is 9.82 Å². The molecular weight excluding hydrogens is 272 g/mol. The summed E-state index contributed by atoms with van der Waals surface area (Å²) in [6.45, 7) is 0. The van der Waals surface area contributed by atoms with Crippen LogP contribution in [0.15, 0.2) is 48.5 Å². The number of nitrogens with two attached hydrogens (primary N) is 1. The molecule has 2 aromatic rings. The molecule has 0 heterocycles. The zero-order valence-electron chi connectivity index (χ0n) is 10.3. The van der Waals surface area contributed by atoms with E-state index < -0.39 is 23.6 Å². The third-order valence-electron chi connectivity index (χ3n) is 2.93. The summed E-state index contributed by atoms with van der Waals surface area (Å²) < 4.78 is 52.1. The predicted molar refractivity (Wildman–Crippen MR) is 67.0 cm³/mol. The monoisotopic (exact) mass is 284 g/mol. The van der Waals surface area contributed by atoms with E-state index in [0.717, 1.165) is 12.1 Å². The molecule has 1 atom stereocenters. The maximum Gasteiger partial charge on any atom is 0.416 e. The number of hydrogen-bond donors (Lipinski definition) is 2. The van der Waals surface area contributed by atoms with Gasteiger partial charge in [0.2, 0.25) is 0 Å². The molecule has 0 saturated carbocycles. The summed E-state index contributed by atoms with van der Waals surface area (Å²) in [5.41, 5.74) is 1.75. The highest BCUT2D eigenvalue weighted by atomic mass is 19.4. The smallest absolute Gasteiger partial charge is 0.271 e. The van der Waals surface area contributed by atoms with E-state index in [0.29, 0.717) is 11.6 Å². The van der Waals surface area contributed by atoms with Crippen molar-refractivity contribution >= 4 is 0 Å². The number of hydrazine groups is 1. The van der Waals surface area contributed by atoms with E-state index in [1.54, 1.807) is 30.3 Å². The van der Waals surface area contributed by atoms with E-state index in [9.17, 15) is 17.6 Å². The minimum absolute atomic E-state index is 0.118. The molecule has 2 aromatic carbocycles. The van der Waals surface area contributed by atoms with Crippen molar-refractivity contribution in [3.05, 3.63) is 71.0 Å². The van der Waals surface area contributed by atoms with Crippen molar-refractivity contribution in [3.8, 4) is 0 Å². The fraction of sp³-hybridized carbons (Fsp3) is 0.143. The molecule has 2 nitrogen and oxygen atoms in total. The van der Waals surface area contributed by atoms with Crippen molar-refractivity contribution < 1.29 is 17.6 Å². The van der Waals surface area contributed by atoms with E-state index in [-0.39, 0.29) is 5.56 Å². The van der Waals surface area contributed by atoms with Crippen LogP contribution in [-0.4, -0.2) is 0 Å². The van der Waals surface area contributed by atoms with Gasteiger partial charge in [0.1, 0.15) is 5.82 Å². The summed E-state index contributed by atoms with van der Waals surface area (Å²) in [6.07, 6.45) is -4.65. The maximum atomic E-state index is 13.1. The normalized spacial score (nSPS) is 13.2. The van der Waals surface area contributed by atoms with Gasteiger partial charge in [0, 0.05) is 0 Å². The molecule has 0 aliphatic rings. The van der Waals surface area contributed by atoms with Crippen LogP contribution in [0.3, 0.4) is 0 Å². The Balaban J connectivity index is 2.56. The van der Waals surface area contributed by atoms with Crippen molar-refractivity contribution in [1.82, 2.24) is 5.43 Å². The summed E-state index contributed by atoms with van der Waals surface area (Å²) in [5.74, 6) is 4.44. The molecule has 0 fully saturated rings. The highest BCUT2D eigenvalue weighted by molar-refractivity contribution is 5.39. The molecule has 0 aromatic heterocycles. The first kappa shape index (κ1) is 14.5. The van der Waals surface area contributed by atoms with Crippen LogP contribution in [-0.2, 0) is 6.18 Å². The van der Waals surface area contributed by atoms with Crippen molar-refractivity contribution in [3.63, 3.8) is 0 Å². The Morgan fingerprint density at radius 1 is 1.00 bits per heavy atom. The molecule has 0 amide bonds. The van der Waals surface area contributed by atoms with Crippen LogP contribution >= 0.6 is 0 Å². The van der Waals surface area contributed by atoms with Gasteiger partial charge in [-0.3, -0.25) is 5.84 Å². The summed E-state index contributed by atoms with van der Waals surface area (Å²) in [6, 6.07) is 10.1. The Labute approximate surface area is 113 Å². The fourth-order valence-corrected chi connectivity index (χ4v) is 2.04. The average Bonchev–Trinajstić information content (AvgIpc) is 2.41. The summed E-state index contributed by atoms with van der Waals surface area (Å²) in [7, 11) is 0. The van der Waals surface area contributed by atoms with Gasteiger partial charge >= 0.3 is 6.18 Å². The van der Waals surface area contributed by atoms with Crippen LogP contribution < -0.4 is 11.3 Å². The van der Waals surface area contributed by atoms with Gasteiger partial charge in [0.25, 0.3) is 0 Å². The van der Waals surface area contributed by atoms with Crippen molar-refractivity contribution in [2.75, 3.05) is 0 Å². The zero-order valence-corrected chi connectivity index (χ0v) is 10.3. The summed E-state index contributed by atoms with van der Waals surface area (Å²) >= 11 is 0. The molecule has 2 rings (SSSR count). The van der Waals surface area contributed by atoms with E-state index in [1.807, 2.05) is 0 Å². The molecule has 20 heavy (non-hydrogen) atoms. The number of alkyl halides is 3. The zero-order chi connectivity index (χ0) is 14.8. The van der Waals surface area contributed by atoms with Gasteiger partial charge in [-0.2, -0.15) is 13.2 Å². The minimum Gasteiger partial charge on any atom is -0.271 e. The maximum absolute atomic E-state index is 13.1. The van der Waals surface area contributed by atoms with Crippen molar-refractivity contribution in [2.24, 2.45) is 5.84 Å². The van der Waals surface area contributed by atoms with Gasteiger partial charge < -0.3 is 0 Å². The summed E-state index contributed by atoms with van der Waals surface area (Å²) in [4.78, 5) is 0. The lowest BCUT2D eigenvalue weighted by Crippen LogP contribution is -2.30. The van der Waals surface area contributed by atoms with Crippen molar-refractivity contribution in [1.29, 1.82) is 0 Å². The van der Waals surface area contributed by atoms with Gasteiger partial charge in [-0.1, -0.05) is 36.4 Å². The lowest BCUT2D eigenvalue weighted by Gasteiger charge is -2.21. The number of halogens is 4. The highest BCUT2D eigenvalue weighted by Crippen LogP contribution is 2.36. The SMILES string of the molecule is NNC(c1ccccc1)c1ccc(F)cc1C(F)(F)F. The van der Waals surface area contributed by atoms with E-state index in [1.165, 1.54) is 0 Å². The number of nitrogens with one attached hydrogen (secondary N) is 1. The van der Waals surface area contributed by atoms with Gasteiger partial charge in [-0.05, 0) is 23.3 Å². The van der Waals surface area contributed by atoms with E-state index in [4.69, 9.17) is 5.84 Å². The molecule has 0 radical (unpaired) electrons. The van der Waals surface area contributed by atoms with Crippen LogP contribution in [0, 0.1) is 5.82 Å². The van der Waals surface area contributed by atoms with Crippen LogP contribution in [0.25, 0.3) is 0 Å². The molecule has 0 aliphatic heterocycles. The second-order valence-corrected chi connectivity index (χ2v) is 4.24. The molecular formula is C14H12F4N2. The third kappa shape index (κ3) is 2.97. The first-order valence-electron chi connectivity index (χ1n) is 5.81. The first-order valence-corrected chi connectivity index (χ1v) is 5.81. The topological polar surface area (TPSA) is 38.0 Å². The Bertz CT molecular complexity index is 581. The Morgan fingerprint density at radius 2 is 1.65 bits per heavy atom. The first-order chi connectivity index (χ1) is 9.43. The van der Waals surface area contributed by atoms with Gasteiger partial charge in [0.05, 0.1) is 11.6 Å². The highest BCUT2D eigenvalue weighted by Gasteiger charge is 2.35. The fourth-order valence-electron chi connectivity index (χ4n) is 2.04. The van der Waals surface area contributed by atoms with Gasteiger partial charge in [0.15, 0.2) is 0 Å². The summed E-state index contributed by atoms with van der Waals surface area (Å²) in [5, 5.41) is 0. The second-order valence-electron chi connectivity index (χ2n) is 4.24. The molecule has 6 heteroatoms. The Kier molecular flexibility index (Phi) is 4.06. The standard InChI is InChI=1S/C14H12F4N2/c15-10-6-7-11(12(8-10)14(16,17)18)13(20-19)9-4-2-1-3-5-9/h1-8,13,20H,19H2. The molecule has 0 saturated heterocycles. The van der Waals surface area contributed by atoms with Crippen LogP contribution in [0.2, 0.25) is 0 Å². The largest absolute Gasteiger partial charge is 0.416 e. The van der Waals surface area contributed by atoms with E-state index >= 15 is 0 Å². The Hall–Kier alpha value is -1.92. The number of benzene rings is 2. The minimum atomic E-state index is -4.65. The molecule has 0 spiro atoms. The lowest BCUT2D eigenvalue weighted by atomic mass is 9.94. The molecule has 0 bridgehead atoms. The van der Waals surface area contributed by atoms with Crippen LogP contribution in [0.4, 0.5) is 17.6 Å². The molecule has 0 aliphatic carbocycles. The van der Waals surface area contributed by atoms with Crippen LogP contribution in [0.1, 0.15) is 22.7 Å². The molecule has 1 unspecified atom stereocenters.